The molecule has 0 aromatic heterocycles. The van der Waals surface area contributed by atoms with Gasteiger partial charge >= 0.3 is 6.18 Å². The zero-order valence-corrected chi connectivity index (χ0v) is 31.4. The highest BCUT2D eigenvalue weighted by Gasteiger charge is 2.55. The van der Waals surface area contributed by atoms with Gasteiger partial charge in [0.1, 0.15) is 0 Å². The number of benzene rings is 7. The van der Waals surface area contributed by atoms with Crippen molar-refractivity contribution in [3.05, 3.63) is 187 Å². The van der Waals surface area contributed by atoms with Crippen LogP contribution < -0.4 is 42.6 Å². The topological polar surface area (TPSA) is 6.48 Å². The van der Waals surface area contributed by atoms with Crippen molar-refractivity contribution in [2.45, 2.75) is 28.3 Å². The Bertz CT molecular complexity index is 2890. The molecule has 12 rings (SSSR count). The number of alkyl halides is 3. The van der Waals surface area contributed by atoms with E-state index in [9.17, 15) is 0 Å². The standard InChI is InChI=1S/C49H31B2F3N2S/c52-49(53,54)43-46-44-47-45-48(43)57-42-25-13-8-20-37(42)51(45)36-19-7-12-24-41(36)56(47)40-23-11-6-18-35(40)50(44)34-17-5-10-22-39(34)55(46)38-21-9-4-16-33(38)32-28-26-31(27-29-32)30-14-2-1-3-15-30/h1-28,32H,29H2. The predicted molar refractivity (Wildman–Crippen MR) is 232 cm³/mol. The van der Waals surface area contributed by atoms with Crippen molar-refractivity contribution in [3.63, 3.8) is 0 Å². The molecule has 2 nitrogen and oxygen atoms in total. The summed E-state index contributed by atoms with van der Waals surface area (Å²) in [5.74, 6) is -0.0324. The molecule has 4 aliphatic heterocycles. The van der Waals surface area contributed by atoms with Crippen molar-refractivity contribution in [1.29, 1.82) is 0 Å². The van der Waals surface area contributed by atoms with Gasteiger partial charge in [0, 0.05) is 44.1 Å². The van der Waals surface area contributed by atoms with Gasteiger partial charge in [0.15, 0.2) is 0 Å². The summed E-state index contributed by atoms with van der Waals surface area (Å²) in [4.78, 5) is 5.41. The molecule has 1 unspecified atom stereocenters. The fourth-order valence-corrected chi connectivity index (χ4v) is 11.6. The number of para-hydroxylation sites is 4. The molecule has 7 aromatic rings. The lowest BCUT2D eigenvalue weighted by Gasteiger charge is -2.50. The smallest absolute Gasteiger partial charge is 0.312 e. The molecular weight excluding hydrogens is 727 g/mol. The Hall–Kier alpha value is -6.11. The number of anilines is 6. The van der Waals surface area contributed by atoms with Crippen LogP contribution in [0.15, 0.2) is 180 Å². The van der Waals surface area contributed by atoms with Gasteiger partial charge in [0.25, 0.3) is 6.71 Å². The average Bonchev–Trinajstić information content (AvgIpc) is 3.25. The zero-order chi connectivity index (χ0) is 38.0. The van der Waals surface area contributed by atoms with Crippen LogP contribution in [0.1, 0.15) is 29.0 Å². The third-order valence-electron chi connectivity index (χ3n) is 12.5. The highest BCUT2D eigenvalue weighted by molar-refractivity contribution is 8.00. The summed E-state index contributed by atoms with van der Waals surface area (Å²) in [7, 11) is 0. The zero-order valence-electron chi connectivity index (χ0n) is 30.5. The van der Waals surface area contributed by atoms with Crippen molar-refractivity contribution in [2.75, 3.05) is 9.80 Å². The van der Waals surface area contributed by atoms with Crippen LogP contribution >= 0.6 is 11.8 Å². The molecule has 1 aliphatic carbocycles. The summed E-state index contributed by atoms with van der Waals surface area (Å²) >= 11 is 1.28. The van der Waals surface area contributed by atoms with Gasteiger partial charge in [-0.2, -0.15) is 13.2 Å². The molecule has 0 radical (unpaired) electrons. The minimum atomic E-state index is -4.67. The molecule has 0 fully saturated rings. The van der Waals surface area contributed by atoms with Crippen LogP contribution in [-0.4, -0.2) is 13.4 Å². The minimum absolute atomic E-state index is 0.0324. The van der Waals surface area contributed by atoms with Gasteiger partial charge in [-0.3, -0.25) is 0 Å². The van der Waals surface area contributed by atoms with E-state index in [1.54, 1.807) is 0 Å². The van der Waals surface area contributed by atoms with E-state index in [0.29, 0.717) is 4.90 Å². The van der Waals surface area contributed by atoms with Crippen LogP contribution in [0.3, 0.4) is 0 Å². The first-order chi connectivity index (χ1) is 28.0. The highest BCUT2D eigenvalue weighted by atomic mass is 32.2. The highest BCUT2D eigenvalue weighted by Crippen LogP contribution is 2.55. The first-order valence-corrected chi connectivity index (χ1v) is 20.3. The Morgan fingerprint density at radius 2 is 1.07 bits per heavy atom. The second kappa shape index (κ2) is 12.2. The molecule has 57 heavy (non-hydrogen) atoms. The molecule has 0 saturated heterocycles. The van der Waals surface area contributed by atoms with E-state index in [1.165, 1.54) is 11.8 Å². The van der Waals surface area contributed by atoms with E-state index < -0.39 is 18.5 Å². The lowest BCUT2D eigenvalue weighted by Crippen LogP contribution is -2.68. The lowest BCUT2D eigenvalue weighted by atomic mass is 9.29. The number of fused-ring (bicyclic) bond motifs is 10. The van der Waals surface area contributed by atoms with Crippen molar-refractivity contribution in [2.24, 2.45) is 0 Å². The number of hydrogen-bond acceptors (Lipinski definition) is 3. The quantitative estimate of drug-likeness (QED) is 0.166. The first-order valence-electron chi connectivity index (χ1n) is 19.4. The van der Waals surface area contributed by atoms with E-state index in [-0.39, 0.29) is 18.3 Å². The van der Waals surface area contributed by atoms with Gasteiger partial charge < -0.3 is 9.80 Å². The monoisotopic (exact) mass is 758 g/mol. The molecule has 0 spiro atoms. The summed E-state index contributed by atoms with van der Waals surface area (Å²) in [6, 6.07) is 51.2. The fourth-order valence-electron chi connectivity index (χ4n) is 10.3. The van der Waals surface area contributed by atoms with Crippen LogP contribution in [0.25, 0.3) is 5.57 Å². The van der Waals surface area contributed by atoms with Gasteiger partial charge in [-0.05, 0) is 80.8 Å². The average molecular weight is 758 g/mol. The van der Waals surface area contributed by atoms with E-state index in [0.717, 1.165) is 89.2 Å². The Balaban J connectivity index is 1.18. The van der Waals surface area contributed by atoms with Gasteiger partial charge in [-0.15, -0.1) is 0 Å². The molecule has 0 amide bonds. The summed E-state index contributed by atoms with van der Waals surface area (Å²) in [6.45, 7) is -0.763. The Morgan fingerprint density at radius 1 is 0.544 bits per heavy atom. The predicted octanol–water partition coefficient (Wildman–Crippen LogP) is 9.21. The number of nitrogens with zero attached hydrogens (tertiary/aromatic N) is 2. The second-order valence-electron chi connectivity index (χ2n) is 15.4. The third kappa shape index (κ3) is 4.65. The van der Waals surface area contributed by atoms with E-state index in [1.807, 2.05) is 102 Å². The van der Waals surface area contributed by atoms with Crippen molar-refractivity contribution in [1.82, 2.24) is 0 Å². The van der Waals surface area contributed by atoms with E-state index >= 15 is 13.2 Å². The van der Waals surface area contributed by atoms with Crippen LogP contribution in [0, 0.1) is 0 Å². The van der Waals surface area contributed by atoms with Crippen LogP contribution in [0.4, 0.5) is 47.3 Å². The van der Waals surface area contributed by atoms with E-state index in [2.05, 4.69) is 77.7 Å². The first kappa shape index (κ1) is 33.1. The van der Waals surface area contributed by atoms with Gasteiger partial charge in [-0.25, -0.2) is 0 Å². The van der Waals surface area contributed by atoms with Crippen LogP contribution in [-0.2, 0) is 6.18 Å². The molecule has 4 heterocycles. The maximum Gasteiger partial charge on any atom is 0.419 e. The summed E-state index contributed by atoms with van der Waals surface area (Å²) < 4.78 is 49.8. The second-order valence-corrected chi connectivity index (χ2v) is 16.4. The molecule has 8 heteroatoms. The maximum absolute atomic E-state index is 16.6. The number of rotatable bonds is 3. The fraction of sp³-hybridized carbons (Fsp3) is 0.0612. The number of allylic oxidation sites excluding steroid dienone is 4. The van der Waals surface area contributed by atoms with Gasteiger partial charge in [0.2, 0.25) is 6.71 Å². The Labute approximate surface area is 334 Å². The SMILES string of the molecule is FC(F)(F)c1c2c3c4c5c1N(c1ccccc1C1C=CC(c6ccccc6)=CC1)c1ccccc1B5c1ccccc1N4c1ccccc1B3c1ccccc1S2. The maximum atomic E-state index is 16.6. The molecule has 270 valence electrons. The molecule has 0 saturated carbocycles. The van der Waals surface area contributed by atoms with Crippen molar-refractivity contribution < 1.29 is 13.2 Å². The third-order valence-corrected chi connectivity index (χ3v) is 13.7. The number of halogens is 3. The molecule has 5 aliphatic rings. The lowest BCUT2D eigenvalue weighted by molar-refractivity contribution is -0.139. The minimum Gasteiger partial charge on any atom is -0.312 e. The molecule has 1 atom stereocenters. The van der Waals surface area contributed by atoms with Crippen molar-refractivity contribution in [3.8, 4) is 0 Å². The normalized spacial score (nSPS) is 16.6. The summed E-state index contributed by atoms with van der Waals surface area (Å²) in [5.41, 5.74) is 13.0. The Morgan fingerprint density at radius 3 is 1.68 bits per heavy atom. The summed E-state index contributed by atoms with van der Waals surface area (Å²) in [6.07, 6.45) is 2.70. The van der Waals surface area contributed by atoms with Gasteiger partial charge in [0.05, 0.1) is 11.3 Å². The summed E-state index contributed by atoms with van der Waals surface area (Å²) in [5, 5.41) is 0. The number of hydrogen-bond donors (Lipinski definition) is 0. The Kier molecular flexibility index (Phi) is 7.07. The van der Waals surface area contributed by atoms with Crippen LogP contribution in [0.2, 0.25) is 0 Å². The molecule has 0 N–H and O–H groups in total. The molecule has 0 bridgehead atoms. The van der Waals surface area contributed by atoms with Crippen LogP contribution in [0.5, 0.6) is 0 Å². The van der Waals surface area contributed by atoms with Crippen molar-refractivity contribution >= 4 is 97.7 Å². The van der Waals surface area contributed by atoms with Gasteiger partial charge in [-0.1, -0.05) is 157 Å². The van der Waals surface area contributed by atoms with E-state index in [4.69, 9.17) is 0 Å². The largest absolute Gasteiger partial charge is 0.419 e. The molecular formula is C49H31B2F3N2S. The molecule has 7 aromatic carbocycles.